The number of benzene rings is 2. The number of anilines is 3. The average molecular weight is 426 g/mol. The van der Waals surface area contributed by atoms with Gasteiger partial charge in [0.1, 0.15) is 5.82 Å². The molecule has 0 spiro atoms. The van der Waals surface area contributed by atoms with Crippen molar-refractivity contribution in [3.8, 4) is 11.3 Å². The first kappa shape index (κ1) is 22.0. The molecule has 0 bridgehead atoms. The van der Waals surface area contributed by atoms with Crippen molar-refractivity contribution >= 4 is 33.8 Å². The van der Waals surface area contributed by atoms with E-state index in [1.807, 2.05) is 29.6 Å². The van der Waals surface area contributed by atoms with Crippen LogP contribution >= 0.6 is 11.3 Å². The molecule has 0 fully saturated rings. The van der Waals surface area contributed by atoms with Crippen LogP contribution in [0.1, 0.15) is 40.5 Å². The minimum absolute atomic E-state index is 0.0407. The molecule has 1 heterocycles. The van der Waals surface area contributed by atoms with E-state index in [1.54, 1.807) is 12.1 Å². The Bertz CT molecular complexity index is 975. The molecule has 0 saturated heterocycles. The second-order valence-electron chi connectivity index (χ2n) is 8.87. The molecule has 0 aliphatic carbocycles. The van der Waals surface area contributed by atoms with Crippen LogP contribution in [0.4, 0.5) is 20.9 Å². The van der Waals surface area contributed by atoms with Gasteiger partial charge in [0.05, 0.1) is 5.69 Å². The number of amides is 1. The number of nitrogens with one attached hydrogen (secondary N) is 2. The molecule has 1 amide bonds. The van der Waals surface area contributed by atoms with Gasteiger partial charge >= 0.3 is 0 Å². The van der Waals surface area contributed by atoms with Crippen LogP contribution in [0.3, 0.4) is 0 Å². The molecule has 4 nitrogen and oxygen atoms in total. The number of rotatable bonds is 7. The molecular weight excluding hydrogens is 397 g/mol. The summed E-state index contributed by atoms with van der Waals surface area (Å²) in [5.41, 5.74) is 3.61. The Hall–Kier alpha value is -2.73. The fraction of sp³-hybridized carbons (Fsp3) is 0.333. The van der Waals surface area contributed by atoms with E-state index in [2.05, 4.69) is 43.3 Å². The van der Waals surface area contributed by atoms with Gasteiger partial charge in [0.2, 0.25) is 5.91 Å². The lowest BCUT2D eigenvalue weighted by Crippen LogP contribution is -2.18. The Balaban J connectivity index is 1.57. The number of aromatic nitrogens is 1. The lowest BCUT2D eigenvalue weighted by molar-refractivity contribution is -0.117. The van der Waals surface area contributed by atoms with Gasteiger partial charge in [-0.1, -0.05) is 39.8 Å². The van der Waals surface area contributed by atoms with Gasteiger partial charge < -0.3 is 10.6 Å². The number of carbonyl (C=O) groups excluding carboxylic acids is 1. The van der Waals surface area contributed by atoms with Crippen LogP contribution in [-0.4, -0.2) is 10.9 Å². The normalized spacial score (nSPS) is 12.4. The van der Waals surface area contributed by atoms with Crippen LogP contribution in [0.25, 0.3) is 11.3 Å². The quantitative estimate of drug-likeness (QED) is 0.425. The van der Waals surface area contributed by atoms with Crippen LogP contribution in [0, 0.1) is 17.2 Å². The van der Waals surface area contributed by atoms with E-state index in [0.29, 0.717) is 12.3 Å². The first-order chi connectivity index (χ1) is 14.2. The first-order valence-corrected chi connectivity index (χ1v) is 10.9. The minimum atomic E-state index is -0.267. The van der Waals surface area contributed by atoms with Crippen molar-refractivity contribution in [2.45, 2.75) is 40.5 Å². The van der Waals surface area contributed by atoms with Gasteiger partial charge in [-0.05, 0) is 54.2 Å². The summed E-state index contributed by atoms with van der Waals surface area (Å²) < 4.78 is 13.0. The van der Waals surface area contributed by atoms with E-state index < -0.39 is 0 Å². The van der Waals surface area contributed by atoms with Gasteiger partial charge in [-0.2, -0.15) is 0 Å². The second kappa shape index (κ2) is 9.39. The van der Waals surface area contributed by atoms with Crippen LogP contribution in [0.5, 0.6) is 0 Å². The summed E-state index contributed by atoms with van der Waals surface area (Å²) in [6.45, 7) is 8.70. The summed E-state index contributed by atoms with van der Waals surface area (Å²) in [7, 11) is 0. The number of thiazole rings is 1. The van der Waals surface area contributed by atoms with Gasteiger partial charge in [0.15, 0.2) is 5.13 Å². The third kappa shape index (κ3) is 6.66. The third-order valence-corrected chi connectivity index (χ3v) is 5.32. The Morgan fingerprint density at radius 1 is 1.07 bits per heavy atom. The van der Waals surface area contributed by atoms with Crippen molar-refractivity contribution in [3.05, 3.63) is 59.7 Å². The maximum Gasteiger partial charge on any atom is 0.224 e. The second-order valence-corrected chi connectivity index (χ2v) is 9.73. The Morgan fingerprint density at radius 3 is 2.33 bits per heavy atom. The van der Waals surface area contributed by atoms with Crippen molar-refractivity contribution in [3.63, 3.8) is 0 Å². The van der Waals surface area contributed by atoms with Crippen LogP contribution in [-0.2, 0) is 4.79 Å². The number of hydrogen-bond acceptors (Lipinski definition) is 4. The first-order valence-electron chi connectivity index (χ1n) is 10.1. The predicted molar refractivity (Wildman–Crippen MR) is 124 cm³/mol. The molecule has 2 N–H and O–H groups in total. The zero-order chi connectivity index (χ0) is 21.7. The molecule has 1 atom stereocenters. The van der Waals surface area contributed by atoms with E-state index in [1.165, 1.54) is 23.5 Å². The number of hydrogen-bond donors (Lipinski definition) is 2. The van der Waals surface area contributed by atoms with E-state index >= 15 is 0 Å². The highest BCUT2D eigenvalue weighted by molar-refractivity contribution is 7.14. The highest BCUT2D eigenvalue weighted by Crippen LogP contribution is 2.29. The average Bonchev–Trinajstić information content (AvgIpc) is 3.11. The number of carbonyl (C=O) groups is 1. The molecule has 0 aliphatic heterocycles. The standard InChI is InChI=1S/C24H28FN3OS/c1-16(14-24(2,3)4)13-22(29)26-19-9-5-17(6-10-19)21-15-30-23(28-21)27-20-11-7-18(25)8-12-20/h5-12,15-16H,13-14H2,1-4H3,(H,26,29)(H,27,28). The van der Waals surface area contributed by atoms with E-state index in [0.717, 1.165) is 34.2 Å². The zero-order valence-corrected chi connectivity index (χ0v) is 18.6. The summed E-state index contributed by atoms with van der Waals surface area (Å²) in [6, 6.07) is 13.9. The molecule has 1 aromatic heterocycles. The van der Waals surface area contributed by atoms with Crippen molar-refractivity contribution in [2.75, 3.05) is 10.6 Å². The monoisotopic (exact) mass is 425 g/mol. The van der Waals surface area contributed by atoms with Crippen molar-refractivity contribution in [2.24, 2.45) is 11.3 Å². The maximum absolute atomic E-state index is 13.0. The molecule has 30 heavy (non-hydrogen) atoms. The summed E-state index contributed by atoms with van der Waals surface area (Å²) in [5.74, 6) is 0.112. The van der Waals surface area contributed by atoms with Crippen LogP contribution in [0.15, 0.2) is 53.9 Å². The molecular formula is C24H28FN3OS. The molecule has 3 rings (SSSR count). The molecule has 158 valence electrons. The number of nitrogens with zero attached hydrogens (tertiary/aromatic N) is 1. The minimum Gasteiger partial charge on any atom is -0.332 e. The van der Waals surface area contributed by atoms with E-state index in [-0.39, 0.29) is 17.1 Å². The van der Waals surface area contributed by atoms with Gasteiger partial charge in [-0.15, -0.1) is 11.3 Å². The SMILES string of the molecule is CC(CC(=O)Nc1ccc(-c2csc(Nc3ccc(F)cc3)n2)cc1)CC(C)(C)C. The molecule has 0 saturated carbocycles. The van der Waals surface area contributed by atoms with Gasteiger partial charge in [-0.3, -0.25) is 4.79 Å². The van der Waals surface area contributed by atoms with Gasteiger partial charge in [-0.25, -0.2) is 9.37 Å². The lowest BCUT2D eigenvalue weighted by Gasteiger charge is -2.22. The van der Waals surface area contributed by atoms with E-state index in [9.17, 15) is 9.18 Å². The molecule has 0 radical (unpaired) electrons. The molecule has 3 aromatic rings. The smallest absolute Gasteiger partial charge is 0.224 e. The molecule has 2 aromatic carbocycles. The number of halogens is 1. The summed E-state index contributed by atoms with van der Waals surface area (Å²) in [6.07, 6.45) is 1.53. The van der Waals surface area contributed by atoms with Crippen LogP contribution in [0.2, 0.25) is 0 Å². The molecule has 0 aliphatic rings. The Morgan fingerprint density at radius 2 is 1.70 bits per heavy atom. The van der Waals surface area contributed by atoms with Crippen LogP contribution < -0.4 is 10.6 Å². The fourth-order valence-corrected chi connectivity index (χ4v) is 4.23. The molecule has 1 unspecified atom stereocenters. The summed E-state index contributed by atoms with van der Waals surface area (Å²) >= 11 is 1.48. The zero-order valence-electron chi connectivity index (χ0n) is 17.8. The lowest BCUT2D eigenvalue weighted by atomic mass is 9.84. The van der Waals surface area contributed by atoms with E-state index in [4.69, 9.17) is 0 Å². The van der Waals surface area contributed by atoms with Gasteiger partial charge in [0.25, 0.3) is 0 Å². The van der Waals surface area contributed by atoms with Crippen molar-refractivity contribution in [1.29, 1.82) is 0 Å². The predicted octanol–water partition coefficient (Wildman–Crippen LogP) is 7.09. The van der Waals surface area contributed by atoms with Crippen molar-refractivity contribution < 1.29 is 9.18 Å². The van der Waals surface area contributed by atoms with Gasteiger partial charge in [0, 0.05) is 28.7 Å². The summed E-state index contributed by atoms with van der Waals surface area (Å²) in [4.78, 5) is 16.9. The third-order valence-electron chi connectivity index (χ3n) is 4.56. The Kier molecular flexibility index (Phi) is 6.87. The topological polar surface area (TPSA) is 54.0 Å². The largest absolute Gasteiger partial charge is 0.332 e. The maximum atomic E-state index is 13.0. The summed E-state index contributed by atoms with van der Waals surface area (Å²) in [5, 5.41) is 8.86. The highest BCUT2D eigenvalue weighted by Gasteiger charge is 2.17. The van der Waals surface area contributed by atoms with Crippen molar-refractivity contribution in [1.82, 2.24) is 4.98 Å². The molecule has 6 heteroatoms. The Labute approximate surface area is 181 Å². The fourth-order valence-electron chi connectivity index (χ4n) is 3.49. The highest BCUT2D eigenvalue weighted by atomic mass is 32.1.